The topological polar surface area (TPSA) is 52.6 Å². The molecule has 1 aromatic carbocycles. The van der Waals surface area contributed by atoms with Crippen molar-refractivity contribution in [2.24, 2.45) is 0 Å². The zero-order valence-electron chi connectivity index (χ0n) is 12.1. The highest BCUT2D eigenvalue weighted by Crippen LogP contribution is 2.48. The van der Waals surface area contributed by atoms with Crippen molar-refractivity contribution >= 4 is 13.6 Å². The van der Waals surface area contributed by atoms with Crippen molar-refractivity contribution in [2.75, 3.05) is 12.8 Å². The van der Waals surface area contributed by atoms with E-state index in [2.05, 4.69) is 0 Å². The molecule has 0 aliphatic carbocycles. The van der Waals surface area contributed by atoms with E-state index in [1.165, 1.54) is 0 Å². The summed E-state index contributed by atoms with van der Waals surface area (Å²) in [6.45, 7) is 9.30. The zero-order chi connectivity index (χ0) is 14.6. The van der Waals surface area contributed by atoms with Crippen molar-refractivity contribution in [3.63, 3.8) is 0 Å². The van der Waals surface area contributed by atoms with E-state index in [1.807, 2.05) is 32.9 Å². The first-order chi connectivity index (χ1) is 8.83. The van der Waals surface area contributed by atoms with Crippen LogP contribution < -0.4 is 0 Å². The van der Waals surface area contributed by atoms with Crippen LogP contribution >= 0.6 is 7.60 Å². The van der Waals surface area contributed by atoms with Crippen LogP contribution in [0.15, 0.2) is 12.1 Å². The van der Waals surface area contributed by atoms with Crippen LogP contribution in [0.4, 0.5) is 0 Å². The number of aryl methyl sites for hydroxylation is 3. The van der Waals surface area contributed by atoms with E-state index in [-0.39, 0.29) is 12.8 Å². The fraction of sp³-hybridized carbons (Fsp3) is 0.500. The molecule has 4 nitrogen and oxygen atoms in total. The molecule has 0 aromatic heterocycles. The first-order valence-corrected chi connectivity index (χ1v) is 8.11. The van der Waals surface area contributed by atoms with Crippen molar-refractivity contribution in [1.82, 2.24) is 0 Å². The van der Waals surface area contributed by atoms with Gasteiger partial charge in [-0.15, -0.1) is 0 Å². The van der Waals surface area contributed by atoms with Crippen LogP contribution in [-0.4, -0.2) is 18.7 Å². The van der Waals surface area contributed by atoms with E-state index in [9.17, 15) is 9.36 Å². The molecule has 0 N–H and O–H groups in total. The molecule has 5 heteroatoms. The van der Waals surface area contributed by atoms with Crippen LogP contribution in [0.2, 0.25) is 0 Å². The van der Waals surface area contributed by atoms with Gasteiger partial charge in [-0.05, 0) is 38.8 Å². The fourth-order valence-electron chi connectivity index (χ4n) is 2.05. The molecule has 0 fully saturated rings. The summed E-state index contributed by atoms with van der Waals surface area (Å²) in [5.74, 6) is -0.575. The molecule has 0 radical (unpaired) electrons. The van der Waals surface area contributed by atoms with Gasteiger partial charge < -0.3 is 9.05 Å². The Morgan fingerprint density at radius 3 is 2.11 bits per heavy atom. The number of carbonyl (C=O) groups is 1. The van der Waals surface area contributed by atoms with E-state index in [0.717, 1.165) is 16.7 Å². The predicted octanol–water partition coefficient (Wildman–Crippen LogP) is 4.02. The summed E-state index contributed by atoms with van der Waals surface area (Å²) in [5.41, 5.74) is 3.19. The molecule has 19 heavy (non-hydrogen) atoms. The average Bonchev–Trinajstić information content (AvgIpc) is 2.27. The molecule has 0 amide bonds. The van der Waals surface area contributed by atoms with Crippen molar-refractivity contribution in [3.05, 3.63) is 34.4 Å². The monoisotopic (exact) mass is 284 g/mol. The van der Waals surface area contributed by atoms with Gasteiger partial charge in [-0.2, -0.15) is 0 Å². The third-order valence-electron chi connectivity index (χ3n) is 2.82. The Morgan fingerprint density at radius 1 is 1.16 bits per heavy atom. The maximum atomic E-state index is 12.2. The lowest BCUT2D eigenvalue weighted by Crippen LogP contribution is -2.10. The lowest BCUT2D eigenvalue weighted by atomic mass is 10.0. The molecule has 0 aliphatic heterocycles. The van der Waals surface area contributed by atoms with Gasteiger partial charge >= 0.3 is 13.6 Å². The largest absolute Gasteiger partial charge is 0.388 e. The number of carbonyl (C=O) groups excluding carboxylic acids is 1. The normalized spacial score (nSPS) is 13.9. The van der Waals surface area contributed by atoms with Gasteiger partial charge in [-0.25, -0.2) is 9.36 Å². The zero-order valence-corrected chi connectivity index (χ0v) is 13.0. The molecule has 0 bridgehead atoms. The number of hydrogen-bond donors (Lipinski definition) is 0. The van der Waals surface area contributed by atoms with E-state index in [4.69, 9.17) is 9.05 Å². The highest BCUT2D eigenvalue weighted by Gasteiger charge is 2.28. The molecule has 0 heterocycles. The van der Waals surface area contributed by atoms with Crippen LogP contribution in [0.5, 0.6) is 0 Å². The van der Waals surface area contributed by atoms with Crippen LogP contribution in [0.3, 0.4) is 0 Å². The van der Waals surface area contributed by atoms with Gasteiger partial charge in [0.2, 0.25) is 0 Å². The Balaban J connectivity index is 3.05. The molecule has 1 aromatic rings. The maximum Gasteiger partial charge on any atom is 0.381 e. The highest BCUT2D eigenvalue weighted by atomic mass is 31.2. The third kappa shape index (κ3) is 3.92. The second-order valence-electron chi connectivity index (χ2n) is 4.50. The fourth-order valence-corrected chi connectivity index (χ4v) is 3.15. The van der Waals surface area contributed by atoms with E-state index in [0.29, 0.717) is 5.56 Å². The Morgan fingerprint density at radius 2 is 1.68 bits per heavy atom. The smallest absolute Gasteiger partial charge is 0.381 e. The second kappa shape index (κ2) is 6.36. The van der Waals surface area contributed by atoms with Gasteiger partial charge in [0.05, 0.1) is 18.3 Å². The summed E-state index contributed by atoms with van der Waals surface area (Å²) in [6.07, 6.45) is 0.177. The average molecular weight is 284 g/mol. The van der Waals surface area contributed by atoms with Crippen molar-refractivity contribution < 1.29 is 18.4 Å². The minimum Gasteiger partial charge on any atom is -0.388 e. The Bertz CT molecular complexity index is 499. The van der Waals surface area contributed by atoms with Gasteiger partial charge in [0.1, 0.15) is 0 Å². The molecule has 1 rings (SSSR count). The maximum absolute atomic E-state index is 12.2. The summed E-state index contributed by atoms with van der Waals surface area (Å²) in [5, 5.41) is 0. The van der Waals surface area contributed by atoms with Crippen LogP contribution in [0, 0.1) is 20.8 Å². The minimum atomic E-state index is -3.32. The number of hydrogen-bond acceptors (Lipinski definition) is 4. The van der Waals surface area contributed by atoms with Crippen LogP contribution in [0.1, 0.15) is 40.9 Å². The van der Waals surface area contributed by atoms with Crippen LogP contribution in [0.25, 0.3) is 0 Å². The van der Waals surface area contributed by atoms with Crippen molar-refractivity contribution in [2.45, 2.75) is 34.6 Å². The summed E-state index contributed by atoms with van der Waals surface area (Å²) in [6, 6.07) is 3.81. The lowest BCUT2D eigenvalue weighted by Gasteiger charge is -2.17. The second-order valence-corrected chi connectivity index (χ2v) is 6.79. The Kier molecular flexibility index (Phi) is 5.33. The molecule has 1 atom stereocenters. The predicted molar refractivity (Wildman–Crippen MR) is 75.8 cm³/mol. The summed E-state index contributed by atoms with van der Waals surface area (Å²) < 4.78 is 22.4. The standard InChI is InChI=1S/C14H21O4P/c1-6-17-19(16,7-2)18-14(15)13-11(4)8-10(3)9-12(13)5/h8-9H,6-7H2,1-5H3. The van der Waals surface area contributed by atoms with Crippen molar-refractivity contribution in [1.29, 1.82) is 0 Å². The Labute approximate surface area is 114 Å². The molecule has 0 aliphatic rings. The van der Waals surface area contributed by atoms with E-state index >= 15 is 0 Å². The van der Waals surface area contributed by atoms with Crippen molar-refractivity contribution in [3.8, 4) is 0 Å². The molecular weight excluding hydrogens is 263 g/mol. The van der Waals surface area contributed by atoms with Gasteiger partial charge in [0.25, 0.3) is 0 Å². The first-order valence-electron chi connectivity index (χ1n) is 6.38. The summed E-state index contributed by atoms with van der Waals surface area (Å²) in [7, 11) is -3.32. The summed E-state index contributed by atoms with van der Waals surface area (Å²) >= 11 is 0. The first kappa shape index (κ1) is 15.9. The number of rotatable bonds is 5. The van der Waals surface area contributed by atoms with Crippen LogP contribution in [-0.2, 0) is 13.6 Å². The minimum absolute atomic E-state index is 0.177. The lowest BCUT2D eigenvalue weighted by molar-refractivity contribution is 0.0700. The van der Waals surface area contributed by atoms with Gasteiger partial charge in [-0.1, -0.05) is 24.6 Å². The van der Waals surface area contributed by atoms with Gasteiger partial charge in [0, 0.05) is 0 Å². The third-order valence-corrected chi connectivity index (χ3v) is 4.69. The van der Waals surface area contributed by atoms with Gasteiger partial charge in [-0.3, -0.25) is 0 Å². The Hall–Kier alpha value is -1.12. The molecule has 106 valence electrons. The van der Waals surface area contributed by atoms with Gasteiger partial charge in [0.15, 0.2) is 0 Å². The van der Waals surface area contributed by atoms with E-state index in [1.54, 1.807) is 13.8 Å². The quantitative estimate of drug-likeness (QED) is 0.766. The molecule has 0 saturated heterocycles. The summed E-state index contributed by atoms with van der Waals surface area (Å²) in [4.78, 5) is 12.2. The molecule has 0 saturated carbocycles. The molecule has 0 spiro atoms. The van der Waals surface area contributed by atoms with E-state index < -0.39 is 13.6 Å². The number of benzene rings is 1. The molecular formula is C14H21O4P. The molecule has 1 unspecified atom stereocenters. The highest BCUT2D eigenvalue weighted by molar-refractivity contribution is 7.54. The SMILES string of the molecule is CCOP(=O)(CC)OC(=O)c1c(C)cc(C)cc1C.